The second-order valence-electron chi connectivity index (χ2n) is 6.50. The van der Waals surface area contributed by atoms with Crippen molar-refractivity contribution in [1.82, 2.24) is 0 Å². The van der Waals surface area contributed by atoms with Crippen LogP contribution in [0, 0.1) is 11.8 Å². The zero-order valence-electron chi connectivity index (χ0n) is 11.2. The molecule has 1 aliphatic carbocycles. The second-order valence-corrected chi connectivity index (χ2v) is 7.57. The molecule has 0 radical (unpaired) electrons. The number of allylic oxidation sites excluding steroid dienone is 2. The Bertz CT molecular complexity index is 348. The minimum atomic E-state index is -0.203. The standard InChI is InChI=1S/C13H21BO2S/c1-12(2)13(3,4)16-14(15-12)11-5-9-7-17-8-10(9)6-11/h5,9-10H,6-8H2,1-4H3. The first kappa shape index (κ1) is 12.1. The molecule has 2 atom stereocenters. The molecule has 4 heteroatoms. The van der Waals surface area contributed by atoms with Gasteiger partial charge in [-0.15, -0.1) is 0 Å². The molecule has 0 N–H and O–H groups in total. The molecule has 2 unspecified atom stereocenters. The lowest BCUT2D eigenvalue weighted by atomic mass is 9.77. The van der Waals surface area contributed by atoms with E-state index in [1.807, 2.05) is 0 Å². The highest BCUT2D eigenvalue weighted by atomic mass is 32.2. The van der Waals surface area contributed by atoms with Crippen LogP contribution in [0.2, 0.25) is 0 Å². The summed E-state index contributed by atoms with van der Waals surface area (Å²) in [6.07, 6.45) is 3.60. The molecule has 0 aromatic rings. The number of rotatable bonds is 1. The molecule has 0 aromatic heterocycles. The average Bonchev–Trinajstić information content (AvgIpc) is 2.77. The smallest absolute Gasteiger partial charge is 0.400 e. The highest BCUT2D eigenvalue weighted by Gasteiger charge is 2.53. The second kappa shape index (κ2) is 3.78. The highest BCUT2D eigenvalue weighted by Crippen LogP contribution is 2.45. The van der Waals surface area contributed by atoms with E-state index in [-0.39, 0.29) is 18.3 Å². The minimum Gasteiger partial charge on any atom is -0.400 e. The molecular weight excluding hydrogens is 231 g/mol. The predicted octanol–water partition coefficient (Wildman–Crippen LogP) is 2.93. The van der Waals surface area contributed by atoms with Gasteiger partial charge < -0.3 is 9.31 Å². The lowest BCUT2D eigenvalue weighted by molar-refractivity contribution is 0.00578. The van der Waals surface area contributed by atoms with E-state index >= 15 is 0 Å². The predicted molar refractivity (Wildman–Crippen MR) is 73.1 cm³/mol. The number of hydrogen-bond acceptors (Lipinski definition) is 3. The third-order valence-corrected chi connectivity index (χ3v) is 6.01. The molecule has 0 aromatic carbocycles. The molecule has 0 spiro atoms. The monoisotopic (exact) mass is 252 g/mol. The van der Waals surface area contributed by atoms with Crippen molar-refractivity contribution in [1.29, 1.82) is 0 Å². The third kappa shape index (κ3) is 1.89. The van der Waals surface area contributed by atoms with E-state index in [1.165, 1.54) is 23.4 Å². The molecule has 0 bridgehead atoms. The summed E-state index contributed by atoms with van der Waals surface area (Å²) in [5.41, 5.74) is 0.981. The minimum absolute atomic E-state index is 0.101. The zero-order chi connectivity index (χ0) is 12.3. The maximum Gasteiger partial charge on any atom is 0.490 e. The van der Waals surface area contributed by atoms with E-state index in [0.29, 0.717) is 0 Å². The van der Waals surface area contributed by atoms with Crippen LogP contribution in [0.3, 0.4) is 0 Å². The van der Waals surface area contributed by atoms with Crippen LogP contribution in [0.1, 0.15) is 34.1 Å². The van der Waals surface area contributed by atoms with Gasteiger partial charge in [-0.1, -0.05) is 6.08 Å². The van der Waals surface area contributed by atoms with Gasteiger partial charge in [-0.05, 0) is 62.9 Å². The molecule has 3 aliphatic rings. The van der Waals surface area contributed by atoms with Gasteiger partial charge in [-0.2, -0.15) is 11.8 Å². The van der Waals surface area contributed by atoms with Crippen LogP contribution in [0.15, 0.2) is 11.5 Å². The van der Waals surface area contributed by atoms with Crippen molar-refractivity contribution in [3.63, 3.8) is 0 Å². The summed E-state index contributed by atoms with van der Waals surface area (Å²) >= 11 is 2.08. The molecule has 17 heavy (non-hydrogen) atoms. The molecule has 0 amide bonds. The summed E-state index contributed by atoms with van der Waals surface area (Å²) in [7, 11) is -0.101. The number of hydrogen-bond donors (Lipinski definition) is 0. The van der Waals surface area contributed by atoms with Crippen molar-refractivity contribution < 1.29 is 9.31 Å². The maximum absolute atomic E-state index is 6.12. The summed E-state index contributed by atoms with van der Waals surface area (Å²) in [4.78, 5) is 0. The lowest BCUT2D eigenvalue weighted by Gasteiger charge is -2.32. The Kier molecular flexibility index (Phi) is 2.70. The van der Waals surface area contributed by atoms with Gasteiger partial charge in [-0.3, -0.25) is 0 Å². The normalized spacial score (nSPS) is 38.4. The lowest BCUT2D eigenvalue weighted by Crippen LogP contribution is -2.41. The summed E-state index contributed by atoms with van der Waals surface area (Å²) in [5.74, 6) is 4.21. The first-order chi connectivity index (χ1) is 7.89. The summed E-state index contributed by atoms with van der Waals surface area (Å²) in [6, 6.07) is 0. The fourth-order valence-corrected chi connectivity index (χ4v) is 4.27. The van der Waals surface area contributed by atoms with E-state index in [1.54, 1.807) is 0 Å². The van der Waals surface area contributed by atoms with Gasteiger partial charge in [-0.25, -0.2) is 0 Å². The quantitative estimate of drug-likeness (QED) is 0.668. The van der Waals surface area contributed by atoms with Crippen molar-refractivity contribution in [2.45, 2.75) is 45.3 Å². The van der Waals surface area contributed by atoms with Crippen molar-refractivity contribution in [3.05, 3.63) is 11.5 Å². The molecule has 2 heterocycles. The van der Waals surface area contributed by atoms with E-state index in [2.05, 4.69) is 45.5 Å². The summed E-state index contributed by atoms with van der Waals surface area (Å²) in [6.45, 7) is 8.50. The van der Waals surface area contributed by atoms with Gasteiger partial charge in [0.1, 0.15) is 0 Å². The highest BCUT2D eigenvalue weighted by molar-refractivity contribution is 7.99. The summed E-state index contributed by atoms with van der Waals surface area (Å²) < 4.78 is 12.2. The molecule has 2 aliphatic heterocycles. The largest absolute Gasteiger partial charge is 0.490 e. The molecule has 2 fully saturated rings. The SMILES string of the molecule is CC1(C)OB(C2=CC3CSCC3C2)OC1(C)C. The number of thioether (sulfide) groups is 1. The van der Waals surface area contributed by atoms with Crippen molar-refractivity contribution >= 4 is 18.9 Å². The fraction of sp³-hybridized carbons (Fsp3) is 0.846. The van der Waals surface area contributed by atoms with Gasteiger partial charge in [0.25, 0.3) is 0 Å². The van der Waals surface area contributed by atoms with Crippen molar-refractivity contribution in [2.24, 2.45) is 11.8 Å². The van der Waals surface area contributed by atoms with Crippen LogP contribution in [-0.2, 0) is 9.31 Å². The molecule has 2 nitrogen and oxygen atoms in total. The van der Waals surface area contributed by atoms with Crippen LogP contribution in [-0.4, -0.2) is 29.8 Å². The van der Waals surface area contributed by atoms with Gasteiger partial charge in [0, 0.05) is 0 Å². The Labute approximate surface area is 109 Å². The van der Waals surface area contributed by atoms with Crippen LogP contribution in [0.4, 0.5) is 0 Å². The van der Waals surface area contributed by atoms with Gasteiger partial charge in [0.15, 0.2) is 0 Å². The Balaban J connectivity index is 1.76. The fourth-order valence-electron chi connectivity index (χ4n) is 2.82. The van der Waals surface area contributed by atoms with E-state index in [4.69, 9.17) is 9.31 Å². The van der Waals surface area contributed by atoms with Crippen LogP contribution < -0.4 is 0 Å². The van der Waals surface area contributed by atoms with Crippen LogP contribution >= 0.6 is 11.8 Å². The topological polar surface area (TPSA) is 18.5 Å². The maximum atomic E-state index is 6.12. The molecular formula is C13H21BO2S. The Morgan fingerprint density at radius 3 is 2.41 bits per heavy atom. The zero-order valence-corrected chi connectivity index (χ0v) is 12.0. The van der Waals surface area contributed by atoms with E-state index in [0.717, 1.165) is 11.8 Å². The Hall–Kier alpha value is 0.0749. The van der Waals surface area contributed by atoms with E-state index < -0.39 is 0 Å². The average molecular weight is 252 g/mol. The van der Waals surface area contributed by atoms with Gasteiger partial charge in [0.05, 0.1) is 11.2 Å². The summed E-state index contributed by atoms with van der Waals surface area (Å²) in [5, 5.41) is 0. The first-order valence-electron chi connectivity index (χ1n) is 6.53. The Morgan fingerprint density at radius 1 is 1.18 bits per heavy atom. The van der Waals surface area contributed by atoms with Crippen molar-refractivity contribution in [3.8, 4) is 0 Å². The van der Waals surface area contributed by atoms with Crippen LogP contribution in [0.25, 0.3) is 0 Å². The van der Waals surface area contributed by atoms with Gasteiger partial charge >= 0.3 is 7.12 Å². The van der Waals surface area contributed by atoms with Crippen LogP contribution in [0.5, 0.6) is 0 Å². The Morgan fingerprint density at radius 2 is 1.82 bits per heavy atom. The van der Waals surface area contributed by atoms with E-state index in [9.17, 15) is 0 Å². The molecule has 0 saturated carbocycles. The van der Waals surface area contributed by atoms with Crippen molar-refractivity contribution in [2.75, 3.05) is 11.5 Å². The molecule has 2 saturated heterocycles. The van der Waals surface area contributed by atoms with Gasteiger partial charge in [0.2, 0.25) is 0 Å². The molecule has 3 rings (SSSR count). The number of fused-ring (bicyclic) bond motifs is 1. The third-order valence-electron chi connectivity index (χ3n) is 4.73. The first-order valence-corrected chi connectivity index (χ1v) is 7.68. The molecule has 94 valence electrons.